The van der Waals surface area contributed by atoms with Gasteiger partial charge in [0.1, 0.15) is 0 Å². The topological polar surface area (TPSA) is 9.23 Å². The molecule has 0 radical (unpaired) electrons. The van der Waals surface area contributed by atoms with Crippen LogP contribution >= 0.6 is 34.8 Å². The second kappa shape index (κ2) is 5.14. The van der Waals surface area contributed by atoms with Gasteiger partial charge in [-0.3, -0.25) is 0 Å². The first-order valence-electron chi connectivity index (χ1n) is 5.27. The number of rotatable bonds is 2. The molecule has 0 amide bonds. The molecule has 88 valence electrons. The maximum atomic E-state index is 6.25. The predicted octanol–water partition coefficient (Wildman–Crippen LogP) is 4.28. The predicted molar refractivity (Wildman–Crippen MR) is 68.9 cm³/mol. The molecule has 1 aromatic rings. The fourth-order valence-electron chi connectivity index (χ4n) is 2.16. The van der Waals surface area contributed by atoms with Crippen molar-refractivity contribution in [2.75, 3.05) is 19.1 Å². The standard InChI is InChI=1S/C12H13Cl3O/c13-8-12(3-5-16-6-4-12)10-2-1-9(14)7-11(10)15/h1-2,7H,3-6,8H2. The van der Waals surface area contributed by atoms with Crippen LogP contribution in [-0.2, 0) is 10.2 Å². The monoisotopic (exact) mass is 278 g/mol. The minimum atomic E-state index is -0.0541. The number of hydrogen-bond donors (Lipinski definition) is 0. The maximum Gasteiger partial charge on any atom is 0.0474 e. The van der Waals surface area contributed by atoms with E-state index in [-0.39, 0.29) is 5.41 Å². The lowest BCUT2D eigenvalue weighted by Gasteiger charge is -2.36. The minimum Gasteiger partial charge on any atom is -0.381 e. The van der Waals surface area contributed by atoms with Crippen LogP contribution in [0.5, 0.6) is 0 Å². The highest BCUT2D eigenvalue weighted by atomic mass is 35.5. The van der Waals surface area contributed by atoms with Gasteiger partial charge in [0.25, 0.3) is 0 Å². The van der Waals surface area contributed by atoms with Crippen LogP contribution in [0.2, 0.25) is 10.0 Å². The van der Waals surface area contributed by atoms with Crippen molar-refractivity contribution in [2.24, 2.45) is 0 Å². The largest absolute Gasteiger partial charge is 0.381 e. The van der Waals surface area contributed by atoms with Gasteiger partial charge >= 0.3 is 0 Å². The van der Waals surface area contributed by atoms with E-state index in [0.717, 1.165) is 31.6 Å². The SMILES string of the molecule is ClCC1(c2ccc(Cl)cc2Cl)CCOCC1. The molecular weight excluding hydrogens is 266 g/mol. The van der Waals surface area contributed by atoms with Crippen LogP contribution < -0.4 is 0 Å². The zero-order valence-corrected chi connectivity index (χ0v) is 11.1. The van der Waals surface area contributed by atoms with E-state index in [1.807, 2.05) is 12.1 Å². The Kier molecular flexibility index (Phi) is 4.01. The summed E-state index contributed by atoms with van der Waals surface area (Å²) in [6.45, 7) is 1.48. The molecule has 1 fully saturated rings. The number of alkyl halides is 1. The Balaban J connectivity index is 2.39. The molecule has 16 heavy (non-hydrogen) atoms. The summed E-state index contributed by atoms with van der Waals surface area (Å²) < 4.78 is 5.38. The third-order valence-electron chi connectivity index (χ3n) is 3.21. The third-order valence-corrected chi connectivity index (χ3v) is 4.27. The molecule has 0 N–H and O–H groups in total. The molecule has 1 nitrogen and oxygen atoms in total. The summed E-state index contributed by atoms with van der Waals surface area (Å²) in [7, 11) is 0. The van der Waals surface area contributed by atoms with Gasteiger partial charge < -0.3 is 4.74 Å². The van der Waals surface area contributed by atoms with Crippen LogP contribution in [-0.4, -0.2) is 19.1 Å². The van der Waals surface area contributed by atoms with Gasteiger partial charge in [0.05, 0.1) is 0 Å². The summed E-state index contributed by atoms with van der Waals surface area (Å²) in [5.74, 6) is 0.567. The van der Waals surface area contributed by atoms with Crippen LogP contribution in [0.3, 0.4) is 0 Å². The number of ether oxygens (including phenoxy) is 1. The molecule has 0 bridgehead atoms. The Bertz CT molecular complexity index is 373. The van der Waals surface area contributed by atoms with Crippen molar-refractivity contribution in [3.8, 4) is 0 Å². The first-order chi connectivity index (χ1) is 7.68. The second-order valence-electron chi connectivity index (χ2n) is 4.15. The third kappa shape index (κ3) is 2.33. The fraction of sp³-hybridized carbons (Fsp3) is 0.500. The van der Waals surface area contributed by atoms with Crippen molar-refractivity contribution in [3.63, 3.8) is 0 Å². The van der Waals surface area contributed by atoms with Crippen LogP contribution in [0.25, 0.3) is 0 Å². The molecule has 1 aliphatic rings. The minimum absolute atomic E-state index is 0.0541. The van der Waals surface area contributed by atoms with Crippen LogP contribution in [0.15, 0.2) is 18.2 Å². The van der Waals surface area contributed by atoms with Crippen molar-refractivity contribution >= 4 is 34.8 Å². The first kappa shape index (κ1) is 12.5. The summed E-state index contributed by atoms with van der Waals surface area (Å²) >= 11 is 18.3. The van der Waals surface area contributed by atoms with E-state index < -0.39 is 0 Å². The molecule has 1 saturated heterocycles. The molecule has 1 aromatic carbocycles. The molecule has 2 rings (SSSR count). The van der Waals surface area contributed by atoms with Gasteiger partial charge in [0.2, 0.25) is 0 Å². The Morgan fingerprint density at radius 3 is 2.44 bits per heavy atom. The molecule has 0 atom stereocenters. The van der Waals surface area contributed by atoms with Crippen LogP contribution in [0.4, 0.5) is 0 Å². The Labute approximate surface area is 111 Å². The summed E-state index contributed by atoms with van der Waals surface area (Å²) in [6.07, 6.45) is 1.83. The Morgan fingerprint density at radius 2 is 1.88 bits per heavy atom. The van der Waals surface area contributed by atoms with Gasteiger partial charge in [-0.25, -0.2) is 0 Å². The molecule has 0 unspecified atom stereocenters. The number of halogens is 3. The second-order valence-corrected chi connectivity index (χ2v) is 5.26. The van der Waals surface area contributed by atoms with Crippen molar-refractivity contribution in [1.82, 2.24) is 0 Å². The van der Waals surface area contributed by atoms with Gasteiger partial charge in [-0.1, -0.05) is 29.3 Å². The summed E-state index contributed by atoms with van der Waals surface area (Å²) in [6, 6.07) is 5.63. The lowest BCUT2D eigenvalue weighted by molar-refractivity contribution is 0.0576. The Morgan fingerprint density at radius 1 is 1.19 bits per heavy atom. The smallest absolute Gasteiger partial charge is 0.0474 e. The van der Waals surface area contributed by atoms with E-state index in [4.69, 9.17) is 39.5 Å². The zero-order chi connectivity index (χ0) is 11.6. The van der Waals surface area contributed by atoms with Gasteiger partial charge in [0.15, 0.2) is 0 Å². The highest BCUT2D eigenvalue weighted by Crippen LogP contribution is 2.40. The van der Waals surface area contributed by atoms with Gasteiger partial charge in [-0.2, -0.15) is 0 Å². The average Bonchev–Trinajstić information content (AvgIpc) is 2.30. The van der Waals surface area contributed by atoms with Crippen molar-refractivity contribution in [2.45, 2.75) is 18.3 Å². The van der Waals surface area contributed by atoms with E-state index in [0.29, 0.717) is 15.9 Å². The lowest BCUT2D eigenvalue weighted by atomic mass is 9.76. The molecule has 1 aliphatic heterocycles. The van der Waals surface area contributed by atoms with Crippen LogP contribution in [0.1, 0.15) is 18.4 Å². The maximum absolute atomic E-state index is 6.25. The summed E-state index contributed by atoms with van der Waals surface area (Å²) in [5.41, 5.74) is 1.04. The molecular formula is C12H13Cl3O. The molecule has 0 spiro atoms. The van der Waals surface area contributed by atoms with Gasteiger partial charge in [-0.05, 0) is 30.5 Å². The van der Waals surface area contributed by atoms with Crippen LogP contribution in [0, 0.1) is 0 Å². The molecule has 0 aliphatic carbocycles. The number of hydrogen-bond acceptors (Lipinski definition) is 1. The van der Waals surface area contributed by atoms with Gasteiger partial charge in [0, 0.05) is 34.6 Å². The molecule has 0 saturated carbocycles. The van der Waals surface area contributed by atoms with E-state index in [2.05, 4.69) is 0 Å². The zero-order valence-electron chi connectivity index (χ0n) is 8.81. The highest BCUT2D eigenvalue weighted by Gasteiger charge is 2.35. The normalized spacial score (nSPS) is 19.7. The quantitative estimate of drug-likeness (QED) is 0.734. The van der Waals surface area contributed by atoms with E-state index >= 15 is 0 Å². The van der Waals surface area contributed by atoms with Gasteiger partial charge in [-0.15, -0.1) is 11.6 Å². The lowest BCUT2D eigenvalue weighted by Crippen LogP contribution is -2.35. The van der Waals surface area contributed by atoms with E-state index in [1.54, 1.807) is 6.07 Å². The van der Waals surface area contributed by atoms with E-state index in [9.17, 15) is 0 Å². The fourth-order valence-corrected chi connectivity index (χ4v) is 3.18. The van der Waals surface area contributed by atoms with Crippen molar-refractivity contribution < 1.29 is 4.74 Å². The first-order valence-corrected chi connectivity index (χ1v) is 6.56. The number of benzene rings is 1. The molecule has 1 heterocycles. The Hall–Kier alpha value is 0.0500. The highest BCUT2D eigenvalue weighted by molar-refractivity contribution is 6.35. The summed E-state index contributed by atoms with van der Waals surface area (Å²) in [5, 5.41) is 1.36. The summed E-state index contributed by atoms with van der Waals surface area (Å²) in [4.78, 5) is 0. The molecule has 4 heteroatoms. The molecule has 0 aromatic heterocycles. The average molecular weight is 280 g/mol. The van der Waals surface area contributed by atoms with Crippen molar-refractivity contribution in [1.29, 1.82) is 0 Å². The van der Waals surface area contributed by atoms with Crippen molar-refractivity contribution in [3.05, 3.63) is 33.8 Å². The van der Waals surface area contributed by atoms with E-state index in [1.165, 1.54) is 0 Å².